The Morgan fingerprint density at radius 1 is 1.05 bits per heavy atom. The van der Waals surface area contributed by atoms with E-state index in [0.717, 1.165) is 31.4 Å². The number of ether oxygens (including phenoxy) is 1. The van der Waals surface area contributed by atoms with Crippen LogP contribution in [-0.4, -0.2) is 81.8 Å². The van der Waals surface area contributed by atoms with Gasteiger partial charge in [0.05, 0.1) is 19.0 Å². The third kappa shape index (κ3) is 6.41. The van der Waals surface area contributed by atoms with Gasteiger partial charge in [0, 0.05) is 6.54 Å². The summed E-state index contributed by atoms with van der Waals surface area (Å²) in [5, 5.41) is 21.5. The maximum absolute atomic E-state index is 12.1. The van der Waals surface area contributed by atoms with Crippen molar-refractivity contribution in [2.75, 3.05) is 24.0 Å². The van der Waals surface area contributed by atoms with Gasteiger partial charge in [0.25, 0.3) is 0 Å². The summed E-state index contributed by atoms with van der Waals surface area (Å²) < 4.78 is 35.3. The smallest absolute Gasteiger partial charge is 0.340 e. The van der Waals surface area contributed by atoms with E-state index >= 15 is 0 Å². The van der Waals surface area contributed by atoms with Crippen LogP contribution < -0.4 is 4.90 Å². The predicted molar refractivity (Wildman–Crippen MR) is 156 cm³/mol. The molecule has 1 saturated carbocycles. The number of benzene rings is 1. The highest BCUT2D eigenvalue weighted by atomic mass is 35.5. The Bertz CT molecular complexity index is 1570. The number of fused-ring (bicyclic) bond motifs is 1. The predicted octanol–water partition coefficient (Wildman–Crippen LogP) is 3.34. The van der Waals surface area contributed by atoms with Crippen molar-refractivity contribution in [3.8, 4) is 0 Å². The van der Waals surface area contributed by atoms with E-state index in [1.165, 1.54) is 30.2 Å². The summed E-state index contributed by atoms with van der Waals surface area (Å²) in [6, 6.07) is 10.3. The summed E-state index contributed by atoms with van der Waals surface area (Å²) in [6.07, 6.45) is 2.63. The van der Waals surface area contributed by atoms with E-state index in [1.54, 1.807) is 0 Å². The van der Waals surface area contributed by atoms with E-state index in [1.807, 2.05) is 18.2 Å². The van der Waals surface area contributed by atoms with Crippen molar-refractivity contribution < 1.29 is 43.3 Å². The molecule has 1 aromatic carbocycles. The molecule has 6 atom stereocenters. The second-order valence-corrected chi connectivity index (χ2v) is 16.1. The summed E-state index contributed by atoms with van der Waals surface area (Å²) in [7, 11) is -9.54. The van der Waals surface area contributed by atoms with Gasteiger partial charge in [0.1, 0.15) is 18.3 Å². The van der Waals surface area contributed by atoms with E-state index in [0.29, 0.717) is 11.3 Å². The normalized spacial score (nSPS) is 29.0. The van der Waals surface area contributed by atoms with Gasteiger partial charge in [-0.3, -0.25) is 13.7 Å². The van der Waals surface area contributed by atoms with Crippen LogP contribution in [0.25, 0.3) is 11.2 Å². The van der Waals surface area contributed by atoms with Crippen molar-refractivity contribution in [2.45, 2.75) is 69.1 Å². The number of imidazole rings is 1. The zero-order chi connectivity index (χ0) is 30.6. The number of halogens is 1. The van der Waals surface area contributed by atoms with Crippen LogP contribution in [0.2, 0.25) is 5.28 Å². The lowest BCUT2D eigenvalue weighted by molar-refractivity contribution is -0.0483. The molecule has 5 N–H and O–H groups in total. The topological polar surface area (TPSA) is 201 Å². The maximum atomic E-state index is 12.1. The van der Waals surface area contributed by atoms with Crippen LogP contribution in [0.1, 0.15) is 56.4 Å². The first-order valence-electron chi connectivity index (χ1n) is 14.1. The Balaban J connectivity index is 1.30. The van der Waals surface area contributed by atoms with Gasteiger partial charge in [0.15, 0.2) is 29.1 Å². The average molecular weight is 658 g/mol. The van der Waals surface area contributed by atoms with Crippen molar-refractivity contribution in [1.82, 2.24) is 19.5 Å². The molecule has 14 nitrogen and oxygen atoms in total. The molecule has 43 heavy (non-hydrogen) atoms. The number of hydrogen-bond donors (Lipinski definition) is 5. The van der Waals surface area contributed by atoms with Gasteiger partial charge in [-0.05, 0) is 41.8 Å². The molecule has 3 aliphatic rings. The van der Waals surface area contributed by atoms with Gasteiger partial charge in [-0.25, -0.2) is 4.98 Å². The lowest BCUT2D eigenvalue weighted by atomic mass is 9.72. The summed E-state index contributed by atoms with van der Waals surface area (Å²) in [5.74, 6) is -0.836. The van der Waals surface area contributed by atoms with Crippen LogP contribution in [0.3, 0.4) is 0 Å². The molecule has 6 unspecified atom stereocenters. The molecule has 1 spiro atoms. The highest BCUT2D eigenvalue weighted by molar-refractivity contribution is 7.70. The number of aliphatic hydroxyl groups is 2. The molecule has 2 aliphatic heterocycles. The van der Waals surface area contributed by atoms with Crippen molar-refractivity contribution in [3.05, 3.63) is 47.5 Å². The largest absolute Gasteiger partial charge is 0.387 e. The molecule has 2 saturated heterocycles. The molecular formula is C26H34ClN5O9P2. The number of rotatable bonds is 8. The second-order valence-electron chi connectivity index (χ2n) is 11.7. The van der Waals surface area contributed by atoms with E-state index in [9.17, 15) is 24.2 Å². The van der Waals surface area contributed by atoms with Crippen LogP contribution in [0.5, 0.6) is 0 Å². The first-order valence-corrected chi connectivity index (χ1v) is 18.0. The zero-order valence-corrected chi connectivity index (χ0v) is 25.6. The Morgan fingerprint density at radius 3 is 2.47 bits per heavy atom. The summed E-state index contributed by atoms with van der Waals surface area (Å²) in [4.78, 5) is 43.7. The van der Waals surface area contributed by atoms with E-state index in [-0.39, 0.29) is 22.4 Å². The van der Waals surface area contributed by atoms with E-state index < -0.39 is 52.2 Å². The molecule has 3 fully saturated rings. The zero-order valence-electron chi connectivity index (χ0n) is 23.1. The molecule has 17 heteroatoms. The Kier molecular flexibility index (Phi) is 8.49. The van der Waals surface area contributed by atoms with Crippen LogP contribution in [0.4, 0.5) is 5.82 Å². The number of aromatic nitrogens is 4. The average Bonchev–Trinajstić information content (AvgIpc) is 3.61. The van der Waals surface area contributed by atoms with Gasteiger partial charge in [-0.2, -0.15) is 9.97 Å². The molecule has 6 rings (SSSR count). The quantitative estimate of drug-likeness (QED) is 0.175. The fourth-order valence-electron chi connectivity index (χ4n) is 6.74. The molecule has 0 radical (unpaired) electrons. The van der Waals surface area contributed by atoms with Crippen LogP contribution >= 0.6 is 26.8 Å². The monoisotopic (exact) mass is 657 g/mol. The van der Waals surface area contributed by atoms with Gasteiger partial charge >= 0.3 is 15.2 Å². The standard InChI is InChI=1S/C26H34ClN5O9P2/c27-25-29-22(31-13-26(9-5-2-6-10-26)11-17(31)16-7-3-1-4-8-16)19-23(30-25)32(14-28-19)24-21(34)20(33)18(41-24)12-40-43(38,39)15-42(35,36)37/h1,3-4,7-8,14,17-18,20-21,24,33-34H,2,5-6,9-13,15H2,(H,38,39)(H2,35,36,37). The molecule has 4 heterocycles. The molecule has 1 aliphatic carbocycles. The van der Waals surface area contributed by atoms with Gasteiger partial charge in [-0.1, -0.05) is 49.6 Å². The van der Waals surface area contributed by atoms with E-state index in [4.69, 9.17) is 30.6 Å². The molecule has 3 aromatic rings. The van der Waals surface area contributed by atoms with Gasteiger partial charge in [-0.15, -0.1) is 0 Å². The minimum absolute atomic E-state index is 0.0350. The van der Waals surface area contributed by atoms with Crippen molar-refractivity contribution >= 4 is 43.8 Å². The fourth-order valence-corrected chi connectivity index (χ4v) is 9.47. The second kappa shape index (κ2) is 11.8. The maximum Gasteiger partial charge on any atom is 0.340 e. The first-order chi connectivity index (χ1) is 20.3. The molecule has 2 aromatic heterocycles. The summed E-state index contributed by atoms with van der Waals surface area (Å²) >= 11 is 6.47. The molecule has 0 bridgehead atoms. The molecular weight excluding hydrogens is 624 g/mol. The van der Waals surface area contributed by atoms with Crippen molar-refractivity contribution in [1.29, 1.82) is 0 Å². The Hall–Kier alpha value is -1.96. The van der Waals surface area contributed by atoms with Crippen LogP contribution in [0.15, 0.2) is 36.7 Å². The lowest BCUT2D eigenvalue weighted by Crippen LogP contribution is -2.33. The SMILES string of the molecule is O=P(O)(O)CP(=O)(O)OCC1OC(n2cnc3c(N4CC5(CCCCC5)CC4c4ccccc4)nc(Cl)nc32)C(O)C1O. The van der Waals surface area contributed by atoms with Crippen LogP contribution in [-0.2, 0) is 18.4 Å². The minimum Gasteiger partial charge on any atom is -0.387 e. The van der Waals surface area contributed by atoms with Crippen LogP contribution in [0, 0.1) is 5.41 Å². The summed E-state index contributed by atoms with van der Waals surface area (Å²) in [6.45, 7) is 0.0725. The highest BCUT2D eigenvalue weighted by Crippen LogP contribution is 2.56. The number of nitrogens with zero attached hydrogens (tertiary/aromatic N) is 5. The number of anilines is 1. The number of hydrogen-bond acceptors (Lipinski definition) is 10. The highest BCUT2D eigenvalue weighted by Gasteiger charge is 2.48. The number of aliphatic hydroxyl groups excluding tert-OH is 2. The van der Waals surface area contributed by atoms with E-state index in [2.05, 4.69) is 32.0 Å². The Morgan fingerprint density at radius 2 is 1.77 bits per heavy atom. The molecule has 0 amide bonds. The van der Waals surface area contributed by atoms with Gasteiger partial charge < -0.3 is 39.1 Å². The molecule has 234 valence electrons. The fraction of sp³-hybridized carbons (Fsp3) is 0.577. The third-order valence-electron chi connectivity index (χ3n) is 8.67. The lowest BCUT2D eigenvalue weighted by Gasteiger charge is -2.33. The Labute approximate surface area is 252 Å². The van der Waals surface area contributed by atoms with Crippen molar-refractivity contribution in [2.24, 2.45) is 5.41 Å². The van der Waals surface area contributed by atoms with Gasteiger partial charge in [0.2, 0.25) is 5.28 Å². The third-order valence-corrected chi connectivity index (χ3v) is 12.3. The first kappa shape index (κ1) is 31.0. The van der Waals surface area contributed by atoms with Crippen molar-refractivity contribution in [3.63, 3.8) is 0 Å². The minimum atomic E-state index is -4.84. The summed E-state index contributed by atoms with van der Waals surface area (Å²) in [5.41, 5.74) is 2.00.